The molecule has 0 bridgehead atoms. The van der Waals surface area contributed by atoms with Gasteiger partial charge in [-0.15, -0.1) is 0 Å². The number of nitrogens with zero attached hydrogens (tertiary/aromatic N) is 2. The maximum atomic E-state index is 12.2. The first-order chi connectivity index (χ1) is 11.1. The fourth-order valence-electron chi connectivity index (χ4n) is 1.77. The lowest BCUT2D eigenvalue weighted by Crippen LogP contribution is -1.97. The highest BCUT2D eigenvalue weighted by molar-refractivity contribution is 7.99. The molecule has 0 aliphatic rings. The Kier molecular flexibility index (Phi) is 4.50. The van der Waals surface area contributed by atoms with E-state index in [0.717, 1.165) is 11.0 Å². The second kappa shape index (κ2) is 6.72. The maximum absolute atomic E-state index is 12.2. The predicted octanol–water partition coefficient (Wildman–Crippen LogP) is 3.98. The van der Waals surface area contributed by atoms with Gasteiger partial charge in [0.15, 0.2) is 11.5 Å². The fourth-order valence-corrected chi connectivity index (χ4v) is 2.79. The summed E-state index contributed by atoms with van der Waals surface area (Å²) in [6.07, 6.45) is 3.75. The van der Waals surface area contributed by atoms with Gasteiger partial charge in [-0.25, -0.2) is 4.98 Å². The van der Waals surface area contributed by atoms with Gasteiger partial charge in [0.05, 0.1) is 11.2 Å². The summed E-state index contributed by atoms with van der Waals surface area (Å²) in [7, 11) is 0. The lowest BCUT2D eigenvalue weighted by Gasteiger charge is -2.01. The zero-order valence-electron chi connectivity index (χ0n) is 11.6. The van der Waals surface area contributed by atoms with Crippen LogP contribution in [0.5, 0.6) is 0 Å². The standard InChI is InChI=1S/C15H10ClN3O3S/c16-9-1-3-10(4-2-9)23-13-5-6-22-14(13)11(20)7-12(21)15-17-8-18-19-15/h1-8,21H,(H,17,18,19). The van der Waals surface area contributed by atoms with Gasteiger partial charge in [-0.2, -0.15) is 5.10 Å². The van der Waals surface area contributed by atoms with Crippen LogP contribution in [0.2, 0.25) is 5.02 Å². The molecule has 0 aliphatic carbocycles. The Morgan fingerprint density at radius 1 is 1.30 bits per heavy atom. The Labute approximate surface area is 140 Å². The Balaban J connectivity index is 1.81. The van der Waals surface area contributed by atoms with Crippen molar-refractivity contribution in [3.8, 4) is 0 Å². The van der Waals surface area contributed by atoms with Crippen molar-refractivity contribution in [2.24, 2.45) is 0 Å². The number of ketones is 1. The zero-order chi connectivity index (χ0) is 16.2. The smallest absolute Gasteiger partial charge is 0.226 e. The van der Waals surface area contributed by atoms with Gasteiger partial charge in [0.1, 0.15) is 6.33 Å². The van der Waals surface area contributed by atoms with Crippen LogP contribution in [0.25, 0.3) is 5.76 Å². The SMILES string of the molecule is O=C(C=C(O)c1nc[nH]n1)c1occc1Sc1ccc(Cl)cc1. The van der Waals surface area contributed by atoms with Crippen LogP contribution in [0, 0.1) is 0 Å². The number of aromatic nitrogens is 3. The van der Waals surface area contributed by atoms with E-state index in [1.54, 1.807) is 18.2 Å². The minimum atomic E-state index is -0.478. The number of aliphatic hydroxyl groups is 1. The van der Waals surface area contributed by atoms with E-state index in [-0.39, 0.29) is 17.3 Å². The molecule has 2 N–H and O–H groups in total. The Morgan fingerprint density at radius 2 is 2.09 bits per heavy atom. The number of benzene rings is 1. The predicted molar refractivity (Wildman–Crippen MR) is 85.6 cm³/mol. The first kappa shape index (κ1) is 15.4. The fraction of sp³-hybridized carbons (Fsp3) is 0. The van der Waals surface area contributed by atoms with E-state index in [9.17, 15) is 9.90 Å². The molecule has 1 aromatic carbocycles. The number of aliphatic hydroxyl groups excluding tert-OH is 1. The number of furan rings is 1. The molecule has 0 saturated heterocycles. The van der Waals surface area contributed by atoms with Gasteiger partial charge in [0.2, 0.25) is 11.6 Å². The molecule has 0 unspecified atom stereocenters. The van der Waals surface area contributed by atoms with E-state index < -0.39 is 5.78 Å². The van der Waals surface area contributed by atoms with Crippen molar-refractivity contribution in [2.75, 3.05) is 0 Å². The molecule has 0 atom stereocenters. The summed E-state index contributed by atoms with van der Waals surface area (Å²) in [5, 5.41) is 16.6. The number of H-pyrrole nitrogens is 1. The molecule has 0 saturated carbocycles. The minimum Gasteiger partial charge on any atom is -0.504 e. The summed E-state index contributed by atoms with van der Waals surface area (Å²) < 4.78 is 5.24. The summed E-state index contributed by atoms with van der Waals surface area (Å²) >= 11 is 7.21. The summed E-state index contributed by atoms with van der Waals surface area (Å²) in [4.78, 5) is 17.6. The number of carbonyl (C=O) groups excluding carboxylic acids is 1. The van der Waals surface area contributed by atoms with Crippen LogP contribution < -0.4 is 0 Å². The molecule has 3 rings (SSSR count). The van der Waals surface area contributed by atoms with E-state index in [1.807, 2.05) is 12.1 Å². The molecule has 0 aliphatic heterocycles. The van der Waals surface area contributed by atoms with Gasteiger partial charge in [0.25, 0.3) is 0 Å². The molecule has 0 fully saturated rings. The quantitative estimate of drug-likeness (QED) is 0.412. The zero-order valence-corrected chi connectivity index (χ0v) is 13.1. The van der Waals surface area contributed by atoms with Crippen molar-refractivity contribution in [3.05, 3.63) is 65.6 Å². The van der Waals surface area contributed by atoms with Crippen molar-refractivity contribution in [2.45, 2.75) is 9.79 Å². The number of hydrogen-bond acceptors (Lipinski definition) is 6. The monoisotopic (exact) mass is 347 g/mol. The van der Waals surface area contributed by atoms with Crippen molar-refractivity contribution in [1.82, 2.24) is 15.2 Å². The van der Waals surface area contributed by atoms with Crippen LogP contribution in [0.4, 0.5) is 0 Å². The number of carbonyl (C=O) groups is 1. The Morgan fingerprint density at radius 3 is 2.78 bits per heavy atom. The second-order valence-corrected chi connectivity index (χ2v) is 5.94. The first-order valence-electron chi connectivity index (χ1n) is 6.45. The normalized spacial score (nSPS) is 11.6. The Bertz CT molecular complexity index is 841. The van der Waals surface area contributed by atoms with Crippen LogP contribution in [-0.2, 0) is 0 Å². The van der Waals surface area contributed by atoms with Crippen LogP contribution in [-0.4, -0.2) is 26.1 Å². The van der Waals surface area contributed by atoms with E-state index in [0.29, 0.717) is 9.92 Å². The van der Waals surface area contributed by atoms with Crippen LogP contribution >= 0.6 is 23.4 Å². The number of hydrogen-bond donors (Lipinski definition) is 2. The third-order valence-corrected chi connectivity index (χ3v) is 4.11. The average molecular weight is 348 g/mol. The topological polar surface area (TPSA) is 92.0 Å². The number of allylic oxidation sites excluding steroid dienone is 1. The highest BCUT2D eigenvalue weighted by atomic mass is 35.5. The lowest BCUT2D eigenvalue weighted by molar-refractivity contribution is 0.101. The van der Waals surface area contributed by atoms with Crippen LogP contribution in [0.1, 0.15) is 16.4 Å². The molecule has 2 heterocycles. The molecule has 8 heteroatoms. The molecule has 3 aromatic rings. The molecular weight excluding hydrogens is 338 g/mol. The molecule has 23 heavy (non-hydrogen) atoms. The van der Waals surface area contributed by atoms with Crippen LogP contribution in [0.3, 0.4) is 0 Å². The molecular formula is C15H10ClN3O3S. The summed E-state index contributed by atoms with van der Waals surface area (Å²) in [5.74, 6) is -0.646. The molecule has 116 valence electrons. The van der Waals surface area contributed by atoms with Crippen molar-refractivity contribution >= 4 is 34.9 Å². The highest BCUT2D eigenvalue weighted by Gasteiger charge is 2.17. The summed E-state index contributed by atoms with van der Waals surface area (Å²) in [6, 6.07) is 8.90. The van der Waals surface area contributed by atoms with E-state index in [1.165, 1.54) is 24.4 Å². The van der Waals surface area contributed by atoms with Gasteiger partial charge < -0.3 is 9.52 Å². The van der Waals surface area contributed by atoms with Gasteiger partial charge in [-0.3, -0.25) is 9.89 Å². The van der Waals surface area contributed by atoms with Gasteiger partial charge in [0, 0.05) is 16.0 Å². The number of rotatable bonds is 5. The molecule has 2 aromatic heterocycles. The molecule has 0 radical (unpaired) electrons. The van der Waals surface area contributed by atoms with Gasteiger partial charge in [-0.1, -0.05) is 23.4 Å². The number of nitrogens with one attached hydrogen (secondary N) is 1. The van der Waals surface area contributed by atoms with Crippen molar-refractivity contribution in [1.29, 1.82) is 0 Å². The minimum absolute atomic E-state index is 0.0387. The van der Waals surface area contributed by atoms with Gasteiger partial charge >= 0.3 is 0 Å². The molecule has 6 nitrogen and oxygen atoms in total. The molecule has 0 spiro atoms. The second-order valence-electron chi connectivity index (χ2n) is 4.39. The largest absolute Gasteiger partial charge is 0.504 e. The number of halogens is 1. The van der Waals surface area contributed by atoms with Crippen molar-refractivity contribution < 1.29 is 14.3 Å². The first-order valence-corrected chi connectivity index (χ1v) is 7.65. The summed E-state index contributed by atoms with van der Waals surface area (Å²) in [5.41, 5.74) is 0. The third-order valence-electron chi connectivity index (χ3n) is 2.81. The van der Waals surface area contributed by atoms with Crippen LogP contribution in [0.15, 0.2) is 63.2 Å². The maximum Gasteiger partial charge on any atom is 0.226 e. The average Bonchev–Trinajstić information content (AvgIpc) is 3.20. The van der Waals surface area contributed by atoms with E-state index in [4.69, 9.17) is 16.0 Å². The highest BCUT2D eigenvalue weighted by Crippen LogP contribution is 2.32. The summed E-state index contributed by atoms with van der Waals surface area (Å²) in [6.45, 7) is 0. The number of aromatic amines is 1. The van der Waals surface area contributed by atoms with E-state index in [2.05, 4.69) is 15.2 Å². The van der Waals surface area contributed by atoms with Gasteiger partial charge in [-0.05, 0) is 30.3 Å². The third kappa shape index (κ3) is 3.64. The lowest BCUT2D eigenvalue weighted by atomic mass is 10.2. The van der Waals surface area contributed by atoms with Crippen molar-refractivity contribution in [3.63, 3.8) is 0 Å². The molecule has 0 amide bonds. The van der Waals surface area contributed by atoms with E-state index >= 15 is 0 Å². The Hall–Kier alpha value is -2.51.